The zero-order valence-corrected chi connectivity index (χ0v) is 31.4. The molecule has 0 bridgehead atoms. The molecule has 0 spiro atoms. The van der Waals surface area contributed by atoms with E-state index >= 15 is 0 Å². The lowest BCUT2D eigenvalue weighted by Crippen LogP contribution is -2.27. The lowest BCUT2D eigenvalue weighted by Gasteiger charge is -2.34. The van der Waals surface area contributed by atoms with Gasteiger partial charge in [-0.3, -0.25) is 0 Å². The van der Waals surface area contributed by atoms with E-state index < -0.39 is 0 Å². The summed E-state index contributed by atoms with van der Waals surface area (Å²) in [6.07, 6.45) is 5.32. The van der Waals surface area contributed by atoms with Crippen LogP contribution in [0.1, 0.15) is 55.9 Å². The Balaban J connectivity index is 1.13. The molecule has 10 rings (SSSR count). The Labute approximate surface area is 319 Å². The number of fused-ring (bicyclic) bond motifs is 8. The van der Waals surface area contributed by atoms with Gasteiger partial charge in [0.1, 0.15) is 0 Å². The maximum Gasteiger partial charge on any atom is 0.0543 e. The van der Waals surface area contributed by atoms with Gasteiger partial charge in [0, 0.05) is 45.2 Å². The molecule has 7 aromatic rings. The maximum absolute atomic E-state index is 2.66. The monoisotopic (exact) mass is 696 g/mol. The Morgan fingerprint density at radius 2 is 0.944 bits per heavy atom. The van der Waals surface area contributed by atoms with Gasteiger partial charge in [0.15, 0.2) is 0 Å². The topological polar surface area (TPSA) is 6.48 Å². The number of rotatable bonds is 6. The average Bonchev–Trinajstić information content (AvgIpc) is 3.57. The molecule has 3 aliphatic rings. The number of hydrogen-bond acceptors (Lipinski definition) is 2. The van der Waals surface area contributed by atoms with Crippen LogP contribution in [0.25, 0.3) is 16.3 Å². The molecule has 3 aliphatic carbocycles. The van der Waals surface area contributed by atoms with E-state index in [1.807, 2.05) is 0 Å². The Bertz CT molecular complexity index is 2520. The predicted molar refractivity (Wildman–Crippen MR) is 228 cm³/mol. The van der Waals surface area contributed by atoms with Gasteiger partial charge in [0.25, 0.3) is 0 Å². The molecule has 2 unspecified atom stereocenters. The maximum atomic E-state index is 2.66. The van der Waals surface area contributed by atoms with Gasteiger partial charge in [-0.15, -0.1) is 0 Å². The van der Waals surface area contributed by atoms with Crippen LogP contribution in [-0.2, 0) is 10.8 Å². The summed E-state index contributed by atoms with van der Waals surface area (Å²) in [7, 11) is 0. The van der Waals surface area contributed by atoms with E-state index in [0.29, 0.717) is 5.92 Å². The molecule has 0 radical (unpaired) electrons. The fourth-order valence-corrected chi connectivity index (χ4v) is 9.83. The highest BCUT2D eigenvalue weighted by Gasteiger charge is 2.51. The van der Waals surface area contributed by atoms with Gasteiger partial charge in [-0.1, -0.05) is 143 Å². The van der Waals surface area contributed by atoms with Crippen LogP contribution in [0.15, 0.2) is 188 Å². The Hall–Kier alpha value is -6.12. The number of anilines is 6. The van der Waals surface area contributed by atoms with E-state index in [9.17, 15) is 0 Å². The number of allylic oxidation sites excluding steroid dienone is 4. The molecular formula is C52H44N2. The van der Waals surface area contributed by atoms with Crippen LogP contribution in [-0.4, -0.2) is 0 Å². The summed E-state index contributed by atoms with van der Waals surface area (Å²) in [4.78, 5) is 4.82. The zero-order valence-electron chi connectivity index (χ0n) is 31.4. The summed E-state index contributed by atoms with van der Waals surface area (Å²) >= 11 is 0. The first-order chi connectivity index (χ1) is 26.3. The molecule has 7 aromatic carbocycles. The van der Waals surface area contributed by atoms with E-state index in [4.69, 9.17) is 0 Å². The molecule has 0 saturated carbocycles. The molecule has 0 saturated heterocycles. The third-order valence-electron chi connectivity index (χ3n) is 12.5. The number of para-hydroxylation sites is 4. The second-order valence-corrected chi connectivity index (χ2v) is 16.2. The minimum atomic E-state index is -0.152. The van der Waals surface area contributed by atoms with Gasteiger partial charge >= 0.3 is 0 Å². The second kappa shape index (κ2) is 12.2. The van der Waals surface area contributed by atoms with E-state index in [0.717, 1.165) is 22.7 Å². The first-order valence-electron chi connectivity index (χ1n) is 19.3. The van der Waals surface area contributed by atoms with Crippen LogP contribution in [0.5, 0.6) is 0 Å². The number of nitrogens with zero attached hydrogens (tertiary/aromatic N) is 2. The molecule has 54 heavy (non-hydrogen) atoms. The summed E-state index contributed by atoms with van der Waals surface area (Å²) in [5, 5.41) is 2.64. The summed E-state index contributed by atoms with van der Waals surface area (Å²) in [6, 6.07) is 61.9. The molecule has 0 amide bonds. The van der Waals surface area contributed by atoms with Gasteiger partial charge < -0.3 is 9.80 Å². The van der Waals surface area contributed by atoms with Crippen molar-refractivity contribution in [2.75, 3.05) is 9.80 Å². The summed E-state index contributed by atoms with van der Waals surface area (Å²) < 4.78 is 0. The van der Waals surface area contributed by atoms with Crippen molar-refractivity contribution in [2.45, 2.75) is 44.4 Å². The third-order valence-corrected chi connectivity index (χ3v) is 12.5. The molecule has 2 nitrogen and oxygen atoms in total. The molecular weight excluding hydrogens is 653 g/mol. The van der Waals surface area contributed by atoms with Crippen molar-refractivity contribution in [1.82, 2.24) is 0 Å². The highest BCUT2D eigenvalue weighted by Crippen LogP contribution is 2.63. The number of benzene rings is 7. The SMILES string of the molecule is CC1(C)C2=CC3c4c(cc(N(c5ccccc5)c5ccccc5)c5ccccc45)C(C)(C)C3C=C2c2ccc(N(c3ccccc3)c3ccccc3)cc21. The minimum absolute atomic E-state index is 0.0862. The zero-order chi connectivity index (χ0) is 36.6. The highest BCUT2D eigenvalue weighted by atomic mass is 15.1. The van der Waals surface area contributed by atoms with Crippen molar-refractivity contribution in [3.63, 3.8) is 0 Å². The Morgan fingerprint density at radius 3 is 1.50 bits per heavy atom. The van der Waals surface area contributed by atoms with Gasteiger partial charge in [-0.25, -0.2) is 0 Å². The van der Waals surface area contributed by atoms with Crippen LogP contribution in [0, 0.1) is 5.92 Å². The summed E-state index contributed by atoms with van der Waals surface area (Å²) in [6.45, 7) is 9.81. The van der Waals surface area contributed by atoms with Crippen LogP contribution in [0.2, 0.25) is 0 Å². The normalized spacial score (nSPS) is 18.5. The van der Waals surface area contributed by atoms with Crippen molar-refractivity contribution in [3.05, 3.63) is 210 Å². The first kappa shape index (κ1) is 32.5. The van der Waals surface area contributed by atoms with Gasteiger partial charge in [0.2, 0.25) is 0 Å². The number of hydrogen-bond donors (Lipinski definition) is 0. The van der Waals surface area contributed by atoms with Gasteiger partial charge in [-0.2, -0.15) is 0 Å². The molecule has 262 valence electrons. The predicted octanol–water partition coefficient (Wildman–Crippen LogP) is 14.1. The van der Waals surface area contributed by atoms with Crippen molar-refractivity contribution >= 4 is 50.5 Å². The second-order valence-electron chi connectivity index (χ2n) is 16.2. The van der Waals surface area contributed by atoms with Gasteiger partial charge in [0.05, 0.1) is 5.69 Å². The van der Waals surface area contributed by atoms with E-state index in [2.05, 4.69) is 220 Å². The molecule has 0 aromatic heterocycles. The van der Waals surface area contributed by atoms with E-state index in [1.165, 1.54) is 55.5 Å². The average molecular weight is 697 g/mol. The Morgan fingerprint density at radius 1 is 0.444 bits per heavy atom. The van der Waals surface area contributed by atoms with Crippen molar-refractivity contribution < 1.29 is 0 Å². The lowest BCUT2D eigenvalue weighted by molar-refractivity contribution is 0.393. The van der Waals surface area contributed by atoms with Crippen LogP contribution >= 0.6 is 0 Å². The largest absolute Gasteiger partial charge is 0.310 e. The molecule has 0 fully saturated rings. The minimum Gasteiger partial charge on any atom is -0.310 e. The van der Waals surface area contributed by atoms with Crippen LogP contribution < -0.4 is 9.80 Å². The molecule has 0 aliphatic heterocycles. The Kier molecular flexibility index (Phi) is 7.36. The fourth-order valence-electron chi connectivity index (χ4n) is 9.83. The molecule has 2 heteroatoms. The van der Waals surface area contributed by atoms with Crippen molar-refractivity contribution in [2.24, 2.45) is 5.92 Å². The van der Waals surface area contributed by atoms with Crippen molar-refractivity contribution in [3.8, 4) is 0 Å². The lowest BCUT2D eigenvalue weighted by atomic mass is 9.70. The quantitative estimate of drug-likeness (QED) is 0.171. The van der Waals surface area contributed by atoms with Crippen molar-refractivity contribution in [1.29, 1.82) is 0 Å². The molecule has 0 N–H and O–H groups in total. The van der Waals surface area contributed by atoms with Gasteiger partial charge in [-0.05, 0) is 117 Å². The smallest absolute Gasteiger partial charge is 0.0543 e. The van der Waals surface area contributed by atoms with E-state index in [-0.39, 0.29) is 16.7 Å². The van der Waals surface area contributed by atoms with Crippen LogP contribution in [0.4, 0.5) is 34.1 Å². The standard InChI is InChI=1S/C52H44N2/c1-51(2)45-31-39(53(35-19-9-5-10-20-35)36-21-11-6-12-22-36)29-30-40(45)43-32-47-44(33-46(43)51)50-42-28-18-17-27-41(42)49(34-48(50)52(47,3)4)54(37-23-13-7-14-24-37)38-25-15-8-16-26-38/h5-34,44,47H,1-4H3. The first-order valence-corrected chi connectivity index (χ1v) is 19.3. The third kappa shape index (κ3) is 4.86. The molecule has 0 heterocycles. The van der Waals surface area contributed by atoms with Crippen LogP contribution in [0.3, 0.4) is 0 Å². The highest BCUT2D eigenvalue weighted by molar-refractivity contribution is 6.03. The molecule has 2 atom stereocenters. The van der Waals surface area contributed by atoms with E-state index in [1.54, 1.807) is 0 Å². The fraction of sp³-hybridized carbons (Fsp3) is 0.154. The summed E-state index contributed by atoms with van der Waals surface area (Å²) in [5.41, 5.74) is 15.4. The summed E-state index contributed by atoms with van der Waals surface area (Å²) in [5.74, 6) is 0.617.